The minimum atomic E-state index is -0.0451. The summed E-state index contributed by atoms with van der Waals surface area (Å²) in [5.41, 5.74) is 1.94. The molecule has 0 saturated carbocycles. The number of hydrogen-bond acceptors (Lipinski definition) is 2. The molecule has 1 N–H and O–H groups in total. The lowest BCUT2D eigenvalue weighted by Gasteiger charge is -2.19. The minimum absolute atomic E-state index is 0.0451. The van der Waals surface area contributed by atoms with E-state index >= 15 is 0 Å². The van der Waals surface area contributed by atoms with Crippen LogP contribution in [0.15, 0.2) is 18.2 Å². The van der Waals surface area contributed by atoms with Gasteiger partial charge in [0.15, 0.2) is 0 Å². The van der Waals surface area contributed by atoms with E-state index in [1.165, 1.54) is 12.8 Å². The first-order valence-corrected chi connectivity index (χ1v) is 6.60. The van der Waals surface area contributed by atoms with Gasteiger partial charge in [0.25, 0.3) is 0 Å². The van der Waals surface area contributed by atoms with Gasteiger partial charge < -0.3 is 10.2 Å². The second kappa shape index (κ2) is 4.65. The zero-order chi connectivity index (χ0) is 11.7. The third-order valence-electron chi connectivity index (χ3n) is 3.95. The van der Waals surface area contributed by atoms with E-state index in [0.717, 1.165) is 43.9 Å². The van der Waals surface area contributed by atoms with Crippen molar-refractivity contribution in [2.24, 2.45) is 0 Å². The summed E-state index contributed by atoms with van der Waals surface area (Å²) in [6.07, 6.45) is 3.50. The van der Waals surface area contributed by atoms with E-state index in [9.17, 15) is 4.39 Å². The van der Waals surface area contributed by atoms with Crippen LogP contribution in [0.25, 0.3) is 0 Å². The van der Waals surface area contributed by atoms with Crippen molar-refractivity contribution in [2.45, 2.75) is 25.2 Å². The first kappa shape index (κ1) is 11.0. The van der Waals surface area contributed by atoms with Gasteiger partial charge in [-0.3, -0.25) is 0 Å². The second-order valence-corrected chi connectivity index (χ2v) is 5.09. The number of hydrogen-bond donors (Lipinski definition) is 1. The van der Waals surface area contributed by atoms with E-state index in [1.54, 1.807) is 6.07 Å². The normalized spacial score (nSPS) is 24.5. The van der Waals surface area contributed by atoms with Crippen LogP contribution in [0.3, 0.4) is 0 Å². The van der Waals surface area contributed by atoms with Gasteiger partial charge in [0.2, 0.25) is 0 Å². The molecule has 1 atom stereocenters. The molecule has 1 aromatic carbocycles. The Kier molecular flexibility index (Phi) is 3.02. The predicted octanol–water partition coefficient (Wildman–Crippen LogP) is 2.50. The number of nitrogens with one attached hydrogen (secondary N) is 1. The summed E-state index contributed by atoms with van der Waals surface area (Å²) in [5.74, 6) is 0.452. The lowest BCUT2D eigenvalue weighted by atomic mass is 9.98. The molecule has 2 saturated heterocycles. The van der Waals surface area contributed by atoms with Crippen molar-refractivity contribution in [1.82, 2.24) is 5.32 Å². The summed E-state index contributed by atoms with van der Waals surface area (Å²) in [6, 6.07) is 5.81. The Morgan fingerprint density at radius 3 is 2.71 bits per heavy atom. The van der Waals surface area contributed by atoms with Crippen molar-refractivity contribution in [1.29, 1.82) is 0 Å². The van der Waals surface area contributed by atoms with Crippen LogP contribution in [0.5, 0.6) is 0 Å². The van der Waals surface area contributed by atoms with Crippen molar-refractivity contribution < 1.29 is 4.39 Å². The fourth-order valence-electron chi connectivity index (χ4n) is 2.93. The Morgan fingerprint density at radius 1 is 1.24 bits per heavy atom. The summed E-state index contributed by atoms with van der Waals surface area (Å²) in [4.78, 5) is 2.16. The summed E-state index contributed by atoms with van der Waals surface area (Å²) in [5, 5.41) is 3.33. The monoisotopic (exact) mass is 234 g/mol. The van der Waals surface area contributed by atoms with Gasteiger partial charge in [-0.05, 0) is 49.4 Å². The van der Waals surface area contributed by atoms with Crippen molar-refractivity contribution >= 4 is 5.69 Å². The Hall–Kier alpha value is -1.09. The average Bonchev–Trinajstić information content (AvgIpc) is 3.02. The molecule has 2 aliphatic heterocycles. The fraction of sp³-hybridized carbons (Fsp3) is 0.571. The van der Waals surface area contributed by atoms with Gasteiger partial charge in [-0.1, -0.05) is 6.07 Å². The van der Waals surface area contributed by atoms with E-state index in [4.69, 9.17) is 0 Å². The maximum atomic E-state index is 14.1. The molecule has 2 nitrogen and oxygen atoms in total. The highest BCUT2D eigenvalue weighted by Crippen LogP contribution is 2.29. The molecular formula is C14H19FN2. The lowest BCUT2D eigenvalue weighted by Crippen LogP contribution is -2.19. The summed E-state index contributed by atoms with van der Waals surface area (Å²) < 4.78 is 14.1. The van der Waals surface area contributed by atoms with Gasteiger partial charge in [-0.15, -0.1) is 0 Å². The zero-order valence-electron chi connectivity index (χ0n) is 10.1. The molecule has 3 rings (SSSR count). The highest BCUT2D eigenvalue weighted by molar-refractivity contribution is 5.50. The third-order valence-corrected chi connectivity index (χ3v) is 3.95. The SMILES string of the molecule is Fc1cc(C2CCNC2)ccc1N1CCCC1. The first-order chi connectivity index (χ1) is 8.34. The van der Waals surface area contributed by atoms with Crippen LogP contribution in [0, 0.1) is 5.82 Å². The maximum absolute atomic E-state index is 14.1. The van der Waals surface area contributed by atoms with Gasteiger partial charge in [-0.25, -0.2) is 4.39 Å². The van der Waals surface area contributed by atoms with E-state index in [2.05, 4.69) is 16.3 Å². The average molecular weight is 234 g/mol. The van der Waals surface area contributed by atoms with E-state index in [0.29, 0.717) is 5.92 Å². The van der Waals surface area contributed by atoms with Crippen LogP contribution in [0.1, 0.15) is 30.7 Å². The number of anilines is 1. The first-order valence-electron chi connectivity index (χ1n) is 6.60. The van der Waals surface area contributed by atoms with Crippen LogP contribution in [0.2, 0.25) is 0 Å². The molecule has 92 valence electrons. The topological polar surface area (TPSA) is 15.3 Å². The van der Waals surface area contributed by atoms with Crippen molar-refractivity contribution in [3.63, 3.8) is 0 Å². The number of nitrogens with zero attached hydrogens (tertiary/aromatic N) is 1. The highest BCUT2D eigenvalue weighted by atomic mass is 19.1. The van der Waals surface area contributed by atoms with Crippen molar-refractivity contribution in [3.05, 3.63) is 29.6 Å². The molecular weight excluding hydrogens is 215 g/mol. The molecule has 0 amide bonds. The van der Waals surface area contributed by atoms with Crippen LogP contribution in [-0.4, -0.2) is 26.2 Å². The van der Waals surface area contributed by atoms with Gasteiger partial charge in [0.1, 0.15) is 5.82 Å². The van der Waals surface area contributed by atoms with Crippen molar-refractivity contribution in [3.8, 4) is 0 Å². The second-order valence-electron chi connectivity index (χ2n) is 5.09. The van der Waals surface area contributed by atoms with Crippen LogP contribution < -0.4 is 10.2 Å². The standard InChI is InChI=1S/C14H19FN2/c15-13-9-11(12-5-6-16-10-12)3-4-14(13)17-7-1-2-8-17/h3-4,9,12,16H,1-2,5-8,10H2. The maximum Gasteiger partial charge on any atom is 0.146 e. The summed E-state index contributed by atoms with van der Waals surface area (Å²) >= 11 is 0. The molecule has 1 aromatic rings. The molecule has 2 aliphatic rings. The van der Waals surface area contributed by atoms with Crippen LogP contribution >= 0.6 is 0 Å². The molecule has 2 fully saturated rings. The Labute approximate surface area is 102 Å². The smallest absolute Gasteiger partial charge is 0.146 e. The van der Waals surface area contributed by atoms with Gasteiger partial charge in [0, 0.05) is 19.6 Å². The Balaban J connectivity index is 1.82. The third kappa shape index (κ3) is 2.16. The van der Waals surface area contributed by atoms with Crippen LogP contribution in [0.4, 0.5) is 10.1 Å². The molecule has 0 aliphatic carbocycles. The predicted molar refractivity (Wildman–Crippen MR) is 68.1 cm³/mol. The molecule has 0 aromatic heterocycles. The summed E-state index contributed by atoms with van der Waals surface area (Å²) in [6.45, 7) is 4.05. The molecule has 3 heteroatoms. The number of rotatable bonds is 2. The van der Waals surface area contributed by atoms with E-state index in [1.807, 2.05) is 6.07 Å². The molecule has 2 heterocycles. The van der Waals surface area contributed by atoms with Gasteiger partial charge >= 0.3 is 0 Å². The number of benzene rings is 1. The minimum Gasteiger partial charge on any atom is -0.369 e. The fourth-order valence-corrected chi connectivity index (χ4v) is 2.93. The molecule has 0 spiro atoms. The van der Waals surface area contributed by atoms with Crippen LogP contribution in [-0.2, 0) is 0 Å². The zero-order valence-corrected chi connectivity index (χ0v) is 10.1. The summed E-state index contributed by atoms with van der Waals surface area (Å²) in [7, 11) is 0. The highest BCUT2D eigenvalue weighted by Gasteiger charge is 2.20. The molecule has 17 heavy (non-hydrogen) atoms. The molecule has 0 bridgehead atoms. The van der Waals surface area contributed by atoms with Crippen molar-refractivity contribution in [2.75, 3.05) is 31.1 Å². The van der Waals surface area contributed by atoms with E-state index in [-0.39, 0.29) is 5.82 Å². The quantitative estimate of drug-likeness (QED) is 0.846. The van der Waals surface area contributed by atoms with Gasteiger partial charge in [0.05, 0.1) is 5.69 Å². The Bertz CT molecular complexity index is 393. The molecule has 1 unspecified atom stereocenters. The Morgan fingerprint density at radius 2 is 2.06 bits per heavy atom. The molecule has 0 radical (unpaired) electrons. The largest absolute Gasteiger partial charge is 0.369 e. The van der Waals surface area contributed by atoms with Gasteiger partial charge in [-0.2, -0.15) is 0 Å². The lowest BCUT2D eigenvalue weighted by molar-refractivity contribution is 0.616. The van der Waals surface area contributed by atoms with E-state index < -0.39 is 0 Å². The number of halogens is 1.